The summed E-state index contributed by atoms with van der Waals surface area (Å²) in [5, 5.41) is 5.40. The average Bonchev–Trinajstić information content (AvgIpc) is 2.46. The first kappa shape index (κ1) is 14.1. The summed E-state index contributed by atoms with van der Waals surface area (Å²) in [6.07, 6.45) is 2.51. The van der Waals surface area contributed by atoms with Gasteiger partial charge in [-0.3, -0.25) is 0 Å². The van der Waals surface area contributed by atoms with Crippen LogP contribution in [0.1, 0.15) is 12.5 Å². The van der Waals surface area contributed by atoms with E-state index in [9.17, 15) is 0 Å². The largest absolute Gasteiger partial charge is 0.340 e. The summed E-state index contributed by atoms with van der Waals surface area (Å²) < 4.78 is 0. The second kappa shape index (κ2) is 5.88. The highest BCUT2D eigenvalue weighted by atomic mass is 35.5. The van der Waals surface area contributed by atoms with Crippen molar-refractivity contribution in [1.82, 2.24) is 9.97 Å². The van der Waals surface area contributed by atoms with Crippen molar-refractivity contribution in [3.05, 3.63) is 58.3 Å². The van der Waals surface area contributed by atoms with E-state index in [1.165, 1.54) is 5.56 Å². The zero-order chi connectivity index (χ0) is 14.8. The van der Waals surface area contributed by atoms with Crippen molar-refractivity contribution in [2.24, 2.45) is 0 Å². The Morgan fingerprint density at radius 2 is 1.76 bits per heavy atom. The van der Waals surface area contributed by atoms with E-state index in [4.69, 9.17) is 23.2 Å². The van der Waals surface area contributed by atoms with Gasteiger partial charge in [0.1, 0.15) is 12.1 Å². The summed E-state index contributed by atoms with van der Waals surface area (Å²) >= 11 is 12.1. The third kappa shape index (κ3) is 3.09. The molecule has 0 fully saturated rings. The predicted molar refractivity (Wildman–Crippen MR) is 88.7 cm³/mol. The SMILES string of the molecule is CCc1ccc2ncnc(Nc3cc(Cl)cc(Cl)c3)c2c1. The average molecular weight is 318 g/mol. The van der Waals surface area contributed by atoms with Crippen molar-refractivity contribution in [2.75, 3.05) is 5.32 Å². The number of benzene rings is 2. The van der Waals surface area contributed by atoms with Gasteiger partial charge in [0.2, 0.25) is 0 Å². The highest BCUT2D eigenvalue weighted by molar-refractivity contribution is 6.35. The maximum absolute atomic E-state index is 6.03. The van der Waals surface area contributed by atoms with Crippen LogP contribution < -0.4 is 5.32 Å². The van der Waals surface area contributed by atoms with Gasteiger partial charge >= 0.3 is 0 Å². The van der Waals surface area contributed by atoms with Crippen LogP contribution in [0.4, 0.5) is 11.5 Å². The van der Waals surface area contributed by atoms with E-state index < -0.39 is 0 Å². The van der Waals surface area contributed by atoms with E-state index in [1.54, 1.807) is 12.4 Å². The Balaban J connectivity index is 2.07. The molecule has 3 aromatic rings. The van der Waals surface area contributed by atoms with E-state index in [1.807, 2.05) is 18.2 Å². The number of rotatable bonds is 3. The molecule has 0 radical (unpaired) electrons. The Morgan fingerprint density at radius 1 is 1.00 bits per heavy atom. The molecule has 21 heavy (non-hydrogen) atoms. The molecule has 0 bridgehead atoms. The highest BCUT2D eigenvalue weighted by Gasteiger charge is 2.06. The van der Waals surface area contributed by atoms with E-state index in [0.29, 0.717) is 10.0 Å². The van der Waals surface area contributed by atoms with E-state index in [2.05, 4.69) is 34.3 Å². The fraction of sp³-hybridized carbons (Fsp3) is 0.125. The number of hydrogen-bond donors (Lipinski definition) is 1. The Kier molecular flexibility index (Phi) is 3.95. The van der Waals surface area contributed by atoms with Gasteiger partial charge in [0.25, 0.3) is 0 Å². The van der Waals surface area contributed by atoms with Gasteiger partial charge in [0.05, 0.1) is 5.52 Å². The first-order chi connectivity index (χ1) is 10.2. The molecule has 0 amide bonds. The molecule has 3 nitrogen and oxygen atoms in total. The second-order valence-electron chi connectivity index (χ2n) is 4.71. The number of nitrogens with one attached hydrogen (secondary N) is 1. The minimum Gasteiger partial charge on any atom is -0.340 e. The van der Waals surface area contributed by atoms with E-state index in [0.717, 1.165) is 28.8 Å². The fourth-order valence-electron chi connectivity index (χ4n) is 2.19. The van der Waals surface area contributed by atoms with Crippen molar-refractivity contribution in [3.63, 3.8) is 0 Å². The fourth-order valence-corrected chi connectivity index (χ4v) is 2.71. The molecule has 0 spiro atoms. The molecule has 1 N–H and O–H groups in total. The second-order valence-corrected chi connectivity index (χ2v) is 5.58. The van der Waals surface area contributed by atoms with Gasteiger partial charge < -0.3 is 5.32 Å². The van der Waals surface area contributed by atoms with Crippen LogP contribution in [0.25, 0.3) is 10.9 Å². The molecule has 0 saturated heterocycles. The third-order valence-corrected chi connectivity index (χ3v) is 3.67. The number of nitrogens with zero attached hydrogens (tertiary/aromatic N) is 2. The minimum absolute atomic E-state index is 0.581. The number of aryl methyl sites for hydroxylation is 1. The zero-order valence-corrected chi connectivity index (χ0v) is 12.9. The monoisotopic (exact) mass is 317 g/mol. The van der Waals surface area contributed by atoms with Crippen LogP contribution in [0.2, 0.25) is 10.0 Å². The normalized spacial score (nSPS) is 10.8. The maximum Gasteiger partial charge on any atom is 0.141 e. The number of fused-ring (bicyclic) bond motifs is 1. The molecule has 1 aromatic heterocycles. The van der Waals surface area contributed by atoms with Gasteiger partial charge in [-0.2, -0.15) is 0 Å². The van der Waals surface area contributed by atoms with E-state index in [-0.39, 0.29) is 0 Å². The van der Waals surface area contributed by atoms with Gasteiger partial charge in [-0.1, -0.05) is 36.2 Å². The van der Waals surface area contributed by atoms with Crippen LogP contribution in [-0.2, 0) is 6.42 Å². The lowest BCUT2D eigenvalue weighted by atomic mass is 10.1. The summed E-state index contributed by atoms with van der Waals surface area (Å²) in [5.74, 6) is 0.744. The van der Waals surface area contributed by atoms with Gasteiger partial charge in [-0.15, -0.1) is 0 Å². The first-order valence-corrected chi connectivity index (χ1v) is 7.38. The van der Waals surface area contributed by atoms with E-state index >= 15 is 0 Å². The number of halogens is 2. The molecule has 1 heterocycles. The summed E-state index contributed by atoms with van der Waals surface area (Å²) in [4.78, 5) is 8.62. The van der Waals surface area contributed by atoms with Crippen LogP contribution in [0.5, 0.6) is 0 Å². The summed E-state index contributed by atoms with van der Waals surface area (Å²) in [6, 6.07) is 11.5. The lowest BCUT2D eigenvalue weighted by Gasteiger charge is -2.10. The molecular formula is C16H13Cl2N3. The summed E-state index contributed by atoms with van der Waals surface area (Å²) in [6.45, 7) is 2.12. The first-order valence-electron chi connectivity index (χ1n) is 6.62. The third-order valence-electron chi connectivity index (χ3n) is 3.23. The predicted octanol–water partition coefficient (Wildman–Crippen LogP) is 5.24. The Morgan fingerprint density at radius 3 is 2.48 bits per heavy atom. The molecule has 0 aliphatic carbocycles. The quantitative estimate of drug-likeness (QED) is 0.717. The van der Waals surface area contributed by atoms with Crippen molar-refractivity contribution in [1.29, 1.82) is 0 Å². The smallest absolute Gasteiger partial charge is 0.141 e. The van der Waals surface area contributed by atoms with Crippen LogP contribution in [0.15, 0.2) is 42.7 Å². The standard InChI is InChI=1S/C16H13Cl2N3/c1-2-10-3-4-15-14(5-10)16(20-9-19-15)21-13-7-11(17)6-12(18)8-13/h3-9H,2H2,1H3,(H,19,20,21). The molecule has 0 saturated carbocycles. The summed E-state index contributed by atoms with van der Waals surface area (Å²) in [5.41, 5.74) is 2.94. The van der Waals surface area contributed by atoms with Crippen LogP contribution >= 0.6 is 23.2 Å². The molecule has 106 valence electrons. The lowest BCUT2D eigenvalue weighted by molar-refractivity contribution is 1.14. The molecule has 0 aliphatic heterocycles. The van der Waals surface area contributed by atoms with Crippen molar-refractivity contribution >= 4 is 45.6 Å². The van der Waals surface area contributed by atoms with Crippen LogP contribution in [0, 0.1) is 0 Å². The Bertz CT molecular complexity index is 782. The number of hydrogen-bond acceptors (Lipinski definition) is 3. The molecule has 2 aromatic carbocycles. The number of aromatic nitrogens is 2. The topological polar surface area (TPSA) is 37.8 Å². The molecule has 3 rings (SSSR count). The Hall–Kier alpha value is -1.84. The van der Waals surface area contributed by atoms with Gasteiger partial charge in [0.15, 0.2) is 0 Å². The number of anilines is 2. The molecule has 0 atom stereocenters. The lowest BCUT2D eigenvalue weighted by Crippen LogP contribution is -1.96. The molecular weight excluding hydrogens is 305 g/mol. The van der Waals surface area contributed by atoms with Crippen molar-refractivity contribution < 1.29 is 0 Å². The van der Waals surface area contributed by atoms with Gasteiger partial charge in [-0.25, -0.2) is 9.97 Å². The molecule has 0 unspecified atom stereocenters. The van der Waals surface area contributed by atoms with Crippen LogP contribution in [0.3, 0.4) is 0 Å². The van der Waals surface area contributed by atoms with Crippen LogP contribution in [-0.4, -0.2) is 9.97 Å². The molecule has 0 aliphatic rings. The van der Waals surface area contributed by atoms with Gasteiger partial charge in [0, 0.05) is 21.1 Å². The zero-order valence-electron chi connectivity index (χ0n) is 11.4. The Labute approximate surface area is 132 Å². The minimum atomic E-state index is 0.581. The van der Waals surface area contributed by atoms with Crippen molar-refractivity contribution in [2.45, 2.75) is 13.3 Å². The van der Waals surface area contributed by atoms with Gasteiger partial charge in [-0.05, 0) is 42.3 Å². The van der Waals surface area contributed by atoms with Crippen molar-refractivity contribution in [3.8, 4) is 0 Å². The summed E-state index contributed by atoms with van der Waals surface area (Å²) in [7, 11) is 0. The molecule has 5 heteroatoms. The highest BCUT2D eigenvalue weighted by Crippen LogP contribution is 2.28. The maximum atomic E-state index is 6.03.